The van der Waals surface area contributed by atoms with Gasteiger partial charge in [0.1, 0.15) is 12.1 Å². The molecule has 4 nitrogen and oxygen atoms in total. The van der Waals surface area contributed by atoms with Crippen molar-refractivity contribution in [3.05, 3.63) is 71.8 Å². The highest BCUT2D eigenvalue weighted by molar-refractivity contribution is 5.88. The van der Waals surface area contributed by atoms with E-state index in [4.69, 9.17) is 4.89 Å². The smallest absolute Gasteiger partial charge is 0.373 e. The minimum Gasteiger partial charge on any atom is -1.00 e. The molecule has 0 spiro atoms. The van der Waals surface area contributed by atoms with E-state index in [9.17, 15) is 4.79 Å². The molecule has 0 atom stereocenters. The van der Waals surface area contributed by atoms with Crippen molar-refractivity contribution in [1.82, 2.24) is 0 Å². The Kier molecular flexibility index (Phi) is 10.2. The molecule has 2 aromatic rings. The number of rotatable bonds is 4. The van der Waals surface area contributed by atoms with Gasteiger partial charge in [0.05, 0.1) is 26.7 Å². The Morgan fingerprint density at radius 3 is 1.77 bits per heavy atom. The van der Waals surface area contributed by atoms with Gasteiger partial charge in [-0.3, -0.25) is 4.89 Å². The number of carbonyl (C=O) groups is 1. The van der Waals surface area contributed by atoms with Crippen LogP contribution in [0.3, 0.4) is 0 Å². The van der Waals surface area contributed by atoms with Gasteiger partial charge in [-0.05, 0) is 32.9 Å². The zero-order valence-electron chi connectivity index (χ0n) is 16.5. The summed E-state index contributed by atoms with van der Waals surface area (Å²) in [5.74, 6) is -0.472. The molecule has 5 heteroatoms. The van der Waals surface area contributed by atoms with Gasteiger partial charge >= 0.3 is 5.97 Å². The second-order valence-corrected chi connectivity index (χ2v) is 7.87. The number of hydrogen-bond donors (Lipinski definition) is 0. The zero-order chi connectivity index (χ0) is 18.9. The Morgan fingerprint density at radius 1 is 0.885 bits per heavy atom. The van der Waals surface area contributed by atoms with Crippen LogP contribution in [0.5, 0.6) is 0 Å². The number of nitrogens with zero attached hydrogens (tertiary/aromatic N) is 1. The molecule has 2 aromatic carbocycles. The van der Waals surface area contributed by atoms with Gasteiger partial charge in [-0.2, -0.15) is 4.89 Å². The molecule has 0 fully saturated rings. The van der Waals surface area contributed by atoms with E-state index >= 15 is 0 Å². The topological polar surface area (TPSA) is 35.5 Å². The minimum atomic E-state index is -0.482. The molecule has 26 heavy (non-hydrogen) atoms. The molecule has 0 aliphatic heterocycles. The fourth-order valence-electron chi connectivity index (χ4n) is 1.92. The first kappa shape index (κ1) is 24.1. The van der Waals surface area contributed by atoms with Crippen molar-refractivity contribution in [2.75, 3.05) is 21.1 Å². The quantitative estimate of drug-likeness (QED) is 0.458. The minimum absolute atomic E-state index is 0. The van der Waals surface area contributed by atoms with E-state index in [1.54, 1.807) is 24.3 Å². The summed E-state index contributed by atoms with van der Waals surface area (Å²) in [6.07, 6.45) is 0. The molecule has 0 aliphatic rings. The third-order valence-electron chi connectivity index (χ3n) is 2.88. The number of quaternary nitrogens is 1. The summed E-state index contributed by atoms with van der Waals surface area (Å²) in [5.41, 5.74) is 1.40. The maximum atomic E-state index is 11.3. The van der Waals surface area contributed by atoms with Crippen LogP contribution in [0.25, 0.3) is 0 Å². The van der Waals surface area contributed by atoms with Gasteiger partial charge < -0.3 is 16.9 Å². The van der Waals surface area contributed by atoms with Crippen LogP contribution < -0.4 is 12.4 Å². The lowest BCUT2D eigenvalue weighted by atomic mass is 10.2. The first-order chi connectivity index (χ1) is 11.6. The van der Waals surface area contributed by atoms with Gasteiger partial charge in [-0.25, -0.2) is 4.79 Å². The molecule has 0 unspecified atom stereocenters. The summed E-state index contributed by atoms with van der Waals surface area (Å²) in [5, 5.41) is 0. The SMILES string of the molecule is CC(C)(C)OOC(=O)c1ccccc1.C[N+](C)(C)Cc1ccccc1.[Cl-]. The normalized spacial score (nSPS) is 10.8. The lowest BCUT2D eigenvalue weighted by molar-refractivity contribution is -0.884. The maximum absolute atomic E-state index is 11.3. The number of carbonyl (C=O) groups excluding carboxylic acids is 1. The third kappa shape index (κ3) is 11.6. The Morgan fingerprint density at radius 2 is 1.35 bits per heavy atom. The van der Waals surface area contributed by atoms with E-state index in [-0.39, 0.29) is 12.4 Å². The Hall–Kier alpha value is -1.88. The number of hydrogen-bond acceptors (Lipinski definition) is 3. The van der Waals surface area contributed by atoms with Crippen molar-refractivity contribution in [2.45, 2.75) is 32.9 Å². The van der Waals surface area contributed by atoms with Crippen LogP contribution in [0.15, 0.2) is 60.7 Å². The average molecular weight is 380 g/mol. The van der Waals surface area contributed by atoms with Crippen molar-refractivity contribution in [2.24, 2.45) is 0 Å². The lowest BCUT2D eigenvalue weighted by Gasteiger charge is -2.23. The summed E-state index contributed by atoms with van der Waals surface area (Å²) < 4.78 is 0.990. The Bertz CT molecular complexity index is 632. The second-order valence-electron chi connectivity index (χ2n) is 7.87. The van der Waals surface area contributed by atoms with Gasteiger partial charge in [-0.1, -0.05) is 48.5 Å². The highest BCUT2D eigenvalue weighted by Gasteiger charge is 2.16. The molecule has 0 bridgehead atoms. The number of benzene rings is 2. The highest BCUT2D eigenvalue weighted by atomic mass is 35.5. The molecule has 0 radical (unpaired) electrons. The Balaban J connectivity index is 0.000000475. The molecule has 0 amide bonds. The van der Waals surface area contributed by atoms with Crippen molar-refractivity contribution in [3.63, 3.8) is 0 Å². The van der Waals surface area contributed by atoms with Crippen molar-refractivity contribution >= 4 is 5.97 Å². The molecule has 2 rings (SSSR count). The van der Waals surface area contributed by atoms with E-state index < -0.39 is 11.6 Å². The van der Waals surface area contributed by atoms with E-state index in [2.05, 4.69) is 56.4 Å². The molecule has 0 saturated carbocycles. The van der Waals surface area contributed by atoms with Gasteiger partial charge in [0.2, 0.25) is 0 Å². The molecule has 0 N–H and O–H groups in total. The molecular weight excluding hydrogens is 350 g/mol. The maximum Gasteiger partial charge on any atom is 0.373 e. The van der Waals surface area contributed by atoms with Crippen LogP contribution >= 0.6 is 0 Å². The van der Waals surface area contributed by atoms with E-state index in [0.717, 1.165) is 11.0 Å². The van der Waals surface area contributed by atoms with Gasteiger partial charge in [0.25, 0.3) is 0 Å². The Labute approximate surface area is 163 Å². The highest BCUT2D eigenvalue weighted by Crippen LogP contribution is 2.09. The van der Waals surface area contributed by atoms with E-state index in [1.165, 1.54) is 5.56 Å². The molecule has 144 valence electrons. The summed E-state index contributed by atoms with van der Waals surface area (Å²) >= 11 is 0. The molecule has 0 aliphatic carbocycles. The molecule has 0 aromatic heterocycles. The first-order valence-electron chi connectivity index (χ1n) is 8.36. The standard InChI is InChI=1S/C11H14O3.C10H16N.ClH/c1-11(2,3)14-13-10(12)9-7-5-4-6-8-9;1-11(2,3)9-10-7-5-4-6-8-10;/h4-8H,1-3H3;4-8H,9H2,1-3H3;1H/q;+1;/p-1. The van der Waals surface area contributed by atoms with Crippen LogP contribution in [0.2, 0.25) is 0 Å². The van der Waals surface area contributed by atoms with Crippen LogP contribution in [-0.4, -0.2) is 37.2 Å². The molecular formula is C21H30ClNO3. The predicted molar refractivity (Wildman–Crippen MR) is 101 cm³/mol. The second kappa shape index (κ2) is 11.0. The van der Waals surface area contributed by atoms with Crippen molar-refractivity contribution in [3.8, 4) is 0 Å². The lowest BCUT2D eigenvalue weighted by Crippen LogP contribution is -3.00. The van der Waals surface area contributed by atoms with Crippen LogP contribution in [-0.2, 0) is 16.3 Å². The van der Waals surface area contributed by atoms with Crippen LogP contribution in [0.4, 0.5) is 0 Å². The van der Waals surface area contributed by atoms with Crippen LogP contribution in [0.1, 0.15) is 36.7 Å². The molecule has 0 heterocycles. The largest absolute Gasteiger partial charge is 1.00 e. The van der Waals surface area contributed by atoms with E-state index in [0.29, 0.717) is 5.56 Å². The summed E-state index contributed by atoms with van der Waals surface area (Å²) in [7, 11) is 6.60. The summed E-state index contributed by atoms with van der Waals surface area (Å²) in [4.78, 5) is 20.9. The van der Waals surface area contributed by atoms with Gasteiger partial charge in [0, 0.05) is 5.56 Å². The van der Waals surface area contributed by atoms with Crippen molar-refractivity contribution < 1.29 is 31.5 Å². The zero-order valence-corrected chi connectivity index (χ0v) is 17.3. The fraction of sp³-hybridized carbons (Fsp3) is 0.381. The molecule has 0 saturated heterocycles. The predicted octanol–water partition coefficient (Wildman–Crippen LogP) is 1.47. The van der Waals surface area contributed by atoms with Gasteiger partial charge in [0.15, 0.2) is 0 Å². The summed E-state index contributed by atoms with van der Waals surface area (Å²) in [6.45, 7) is 6.53. The summed E-state index contributed by atoms with van der Waals surface area (Å²) in [6, 6.07) is 19.3. The fourth-order valence-corrected chi connectivity index (χ4v) is 1.92. The van der Waals surface area contributed by atoms with E-state index in [1.807, 2.05) is 26.8 Å². The average Bonchev–Trinajstić information content (AvgIpc) is 2.53. The monoisotopic (exact) mass is 379 g/mol. The van der Waals surface area contributed by atoms with Crippen molar-refractivity contribution in [1.29, 1.82) is 0 Å². The van der Waals surface area contributed by atoms with Crippen LogP contribution in [0, 0.1) is 0 Å². The first-order valence-corrected chi connectivity index (χ1v) is 8.36. The number of halogens is 1. The van der Waals surface area contributed by atoms with Gasteiger partial charge in [-0.15, -0.1) is 0 Å². The third-order valence-corrected chi connectivity index (χ3v) is 2.88.